The number of aliphatic hydroxyl groups excluding tert-OH is 1. The van der Waals surface area contributed by atoms with Gasteiger partial charge in [0.05, 0.1) is 0 Å². The van der Waals surface area contributed by atoms with Gasteiger partial charge in [-0.1, -0.05) is 62.1 Å². The third kappa shape index (κ3) is 4.69. The van der Waals surface area contributed by atoms with Crippen molar-refractivity contribution in [1.29, 1.82) is 0 Å². The van der Waals surface area contributed by atoms with E-state index in [2.05, 4.69) is 23.5 Å². The minimum Gasteiger partial charge on any atom is -0.490 e. The Morgan fingerprint density at radius 2 is 1.74 bits per heavy atom. The highest BCUT2D eigenvalue weighted by molar-refractivity contribution is 5.88. The quantitative estimate of drug-likeness (QED) is 0.795. The Morgan fingerprint density at radius 1 is 1.00 bits per heavy atom. The maximum absolute atomic E-state index is 10.2. The molecule has 2 aromatic rings. The zero-order valence-corrected chi connectivity index (χ0v) is 13.7. The molecule has 0 heterocycles. The van der Waals surface area contributed by atoms with E-state index >= 15 is 0 Å². The molecule has 0 amide bonds. The highest BCUT2D eigenvalue weighted by atomic mass is 16.5. The van der Waals surface area contributed by atoms with Crippen molar-refractivity contribution in [1.82, 2.24) is 5.32 Å². The molecule has 1 fully saturated rings. The Bertz CT molecular complexity index is 600. The van der Waals surface area contributed by atoms with E-state index in [9.17, 15) is 5.11 Å². The molecular weight excluding hydrogens is 286 g/mol. The van der Waals surface area contributed by atoms with Crippen LogP contribution in [-0.4, -0.2) is 30.4 Å². The average molecular weight is 313 g/mol. The number of fused-ring (bicyclic) bond motifs is 1. The summed E-state index contributed by atoms with van der Waals surface area (Å²) in [6, 6.07) is 14.8. The molecule has 1 saturated carbocycles. The molecule has 23 heavy (non-hydrogen) atoms. The monoisotopic (exact) mass is 313 g/mol. The Hall–Kier alpha value is -1.58. The van der Waals surface area contributed by atoms with E-state index < -0.39 is 6.10 Å². The zero-order chi connectivity index (χ0) is 15.9. The van der Waals surface area contributed by atoms with Crippen LogP contribution >= 0.6 is 0 Å². The minimum atomic E-state index is -0.475. The van der Waals surface area contributed by atoms with Gasteiger partial charge in [0.15, 0.2) is 0 Å². The van der Waals surface area contributed by atoms with Crippen LogP contribution in [0.1, 0.15) is 38.5 Å². The second kappa shape index (κ2) is 8.32. The van der Waals surface area contributed by atoms with Crippen molar-refractivity contribution >= 4 is 10.8 Å². The maximum Gasteiger partial charge on any atom is 0.127 e. The average Bonchev–Trinajstić information content (AvgIpc) is 2.87. The van der Waals surface area contributed by atoms with E-state index in [1.54, 1.807) is 0 Å². The molecule has 0 spiro atoms. The number of ether oxygens (including phenoxy) is 1. The molecule has 2 N–H and O–H groups in total. The van der Waals surface area contributed by atoms with Crippen molar-refractivity contribution in [3.8, 4) is 5.75 Å². The summed E-state index contributed by atoms with van der Waals surface area (Å²) < 4.78 is 5.86. The maximum atomic E-state index is 10.2. The van der Waals surface area contributed by atoms with Gasteiger partial charge in [-0.2, -0.15) is 0 Å². The lowest BCUT2D eigenvalue weighted by Gasteiger charge is -2.19. The van der Waals surface area contributed by atoms with Crippen molar-refractivity contribution in [3.63, 3.8) is 0 Å². The fourth-order valence-electron chi connectivity index (χ4n) is 3.35. The number of nitrogens with one attached hydrogen (secondary N) is 1. The minimum absolute atomic E-state index is 0.327. The Labute approximate surface area is 138 Å². The van der Waals surface area contributed by atoms with Crippen molar-refractivity contribution in [3.05, 3.63) is 42.5 Å². The molecule has 0 saturated heterocycles. The molecule has 1 aliphatic carbocycles. The largest absolute Gasteiger partial charge is 0.490 e. The van der Waals surface area contributed by atoms with E-state index in [-0.39, 0.29) is 0 Å². The summed E-state index contributed by atoms with van der Waals surface area (Å²) in [5.74, 6) is 0.844. The van der Waals surface area contributed by atoms with Crippen molar-refractivity contribution in [2.75, 3.05) is 13.2 Å². The van der Waals surface area contributed by atoms with Gasteiger partial charge >= 0.3 is 0 Å². The highest BCUT2D eigenvalue weighted by Crippen LogP contribution is 2.25. The first-order valence-electron chi connectivity index (χ1n) is 8.85. The first-order valence-corrected chi connectivity index (χ1v) is 8.85. The smallest absolute Gasteiger partial charge is 0.127 e. The molecule has 0 unspecified atom stereocenters. The summed E-state index contributed by atoms with van der Waals surface area (Å²) in [4.78, 5) is 0. The van der Waals surface area contributed by atoms with E-state index in [1.165, 1.54) is 38.5 Å². The second-order valence-electron chi connectivity index (χ2n) is 6.54. The molecule has 0 bridgehead atoms. The number of rotatable bonds is 6. The van der Waals surface area contributed by atoms with Crippen LogP contribution in [-0.2, 0) is 0 Å². The van der Waals surface area contributed by atoms with Crippen LogP contribution in [0.2, 0.25) is 0 Å². The fourth-order valence-corrected chi connectivity index (χ4v) is 3.35. The van der Waals surface area contributed by atoms with Crippen molar-refractivity contribution < 1.29 is 9.84 Å². The molecule has 1 aliphatic rings. The third-order valence-corrected chi connectivity index (χ3v) is 4.68. The van der Waals surface area contributed by atoms with Gasteiger partial charge < -0.3 is 15.2 Å². The van der Waals surface area contributed by atoms with E-state index in [1.807, 2.05) is 24.3 Å². The van der Waals surface area contributed by atoms with Gasteiger partial charge in [0.1, 0.15) is 18.5 Å². The van der Waals surface area contributed by atoms with Gasteiger partial charge in [0, 0.05) is 18.0 Å². The SMILES string of the molecule is O[C@@H](CNC1CCCCCC1)COc1cccc2ccccc12. The van der Waals surface area contributed by atoms with Gasteiger partial charge in [-0.25, -0.2) is 0 Å². The predicted molar refractivity (Wildman–Crippen MR) is 94.9 cm³/mol. The normalized spacial score (nSPS) is 17.8. The molecule has 0 aliphatic heterocycles. The predicted octanol–water partition coefficient (Wildman–Crippen LogP) is 3.89. The standard InChI is InChI=1S/C20H27NO2/c22-18(14-21-17-10-3-1-2-4-11-17)15-23-20-13-7-9-16-8-5-6-12-19(16)20/h5-9,12-13,17-18,21-22H,1-4,10-11,14-15H2/t18-/m0/s1. The first-order chi connectivity index (χ1) is 11.3. The van der Waals surface area contributed by atoms with Crippen LogP contribution < -0.4 is 10.1 Å². The molecule has 2 aromatic carbocycles. The van der Waals surface area contributed by atoms with E-state index in [0.29, 0.717) is 19.2 Å². The van der Waals surface area contributed by atoms with Crippen LogP contribution in [0.4, 0.5) is 0 Å². The fraction of sp³-hybridized carbons (Fsp3) is 0.500. The van der Waals surface area contributed by atoms with Crippen LogP contribution in [0.3, 0.4) is 0 Å². The molecular formula is C20H27NO2. The lowest BCUT2D eigenvalue weighted by Crippen LogP contribution is -2.37. The van der Waals surface area contributed by atoms with Crippen LogP contribution in [0.15, 0.2) is 42.5 Å². The second-order valence-corrected chi connectivity index (χ2v) is 6.54. The Balaban J connectivity index is 1.49. The third-order valence-electron chi connectivity index (χ3n) is 4.68. The number of benzene rings is 2. The molecule has 0 radical (unpaired) electrons. The van der Waals surface area contributed by atoms with E-state index in [0.717, 1.165) is 16.5 Å². The summed E-state index contributed by atoms with van der Waals surface area (Å²) in [6.45, 7) is 0.934. The Kier molecular flexibility index (Phi) is 5.89. The van der Waals surface area contributed by atoms with Gasteiger partial charge in [-0.05, 0) is 24.3 Å². The number of hydrogen-bond acceptors (Lipinski definition) is 3. The summed E-state index contributed by atoms with van der Waals surface area (Å²) in [5.41, 5.74) is 0. The number of hydrogen-bond donors (Lipinski definition) is 2. The molecule has 3 nitrogen and oxygen atoms in total. The van der Waals surface area contributed by atoms with Gasteiger partial charge in [0.25, 0.3) is 0 Å². The number of aliphatic hydroxyl groups is 1. The molecule has 0 aromatic heterocycles. The van der Waals surface area contributed by atoms with Crippen LogP contribution in [0.25, 0.3) is 10.8 Å². The highest BCUT2D eigenvalue weighted by Gasteiger charge is 2.14. The van der Waals surface area contributed by atoms with Crippen LogP contribution in [0, 0.1) is 0 Å². The molecule has 3 rings (SSSR count). The summed E-state index contributed by atoms with van der Waals surface area (Å²) in [5, 5.41) is 16.0. The summed E-state index contributed by atoms with van der Waals surface area (Å²) >= 11 is 0. The zero-order valence-electron chi connectivity index (χ0n) is 13.7. The lowest BCUT2D eigenvalue weighted by molar-refractivity contribution is 0.104. The van der Waals surface area contributed by atoms with Crippen LogP contribution in [0.5, 0.6) is 5.75 Å². The van der Waals surface area contributed by atoms with E-state index in [4.69, 9.17) is 4.74 Å². The van der Waals surface area contributed by atoms with Crippen molar-refractivity contribution in [2.24, 2.45) is 0 Å². The first kappa shape index (κ1) is 16.3. The molecule has 3 heteroatoms. The topological polar surface area (TPSA) is 41.5 Å². The van der Waals surface area contributed by atoms with Gasteiger partial charge in [-0.15, -0.1) is 0 Å². The molecule has 124 valence electrons. The van der Waals surface area contributed by atoms with Crippen molar-refractivity contribution in [2.45, 2.75) is 50.7 Å². The molecule has 1 atom stereocenters. The summed E-state index contributed by atoms with van der Waals surface area (Å²) in [6.07, 6.45) is 7.31. The van der Waals surface area contributed by atoms with Gasteiger partial charge in [-0.3, -0.25) is 0 Å². The summed E-state index contributed by atoms with van der Waals surface area (Å²) in [7, 11) is 0. The Morgan fingerprint density at radius 3 is 2.57 bits per heavy atom. The van der Waals surface area contributed by atoms with Gasteiger partial charge in [0.2, 0.25) is 0 Å². The lowest BCUT2D eigenvalue weighted by atomic mass is 10.1.